The number of benzene rings is 2. The minimum atomic E-state index is -0.738. The van der Waals surface area contributed by atoms with Crippen LogP contribution >= 0.6 is 15.9 Å². The van der Waals surface area contributed by atoms with E-state index in [1.165, 1.54) is 5.56 Å². The number of nitrogens with one attached hydrogen (secondary N) is 2. The lowest BCUT2D eigenvalue weighted by molar-refractivity contribution is -0.128. The highest BCUT2D eigenvalue weighted by molar-refractivity contribution is 9.10. The van der Waals surface area contributed by atoms with Crippen LogP contribution in [-0.4, -0.2) is 17.9 Å². The number of ether oxygens (including phenoxy) is 1. The van der Waals surface area contributed by atoms with Crippen molar-refractivity contribution in [3.63, 3.8) is 0 Å². The normalized spacial score (nSPS) is 11.5. The lowest BCUT2D eigenvalue weighted by atomic mass is 10.1. The molecule has 0 heterocycles. The van der Waals surface area contributed by atoms with E-state index in [1.54, 1.807) is 19.1 Å². The number of hydrazine groups is 1. The number of rotatable bonds is 5. The van der Waals surface area contributed by atoms with E-state index < -0.39 is 17.9 Å². The molecule has 0 spiro atoms. The fourth-order valence-corrected chi connectivity index (χ4v) is 2.47. The second-order valence-corrected chi connectivity index (χ2v) is 6.52. The van der Waals surface area contributed by atoms with Gasteiger partial charge >= 0.3 is 0 Å². The third kappa shape index (κ3) is 5.32. The Kier molecular flexibility index (Phi) is 6.58. The molecule has 0 aliphatic carbocycles. The SMILES string of the molecule is CCc1ccc(OC(C)C(=O)NNC(=O)c2ccc(C)c(Br)c2)cc1. The second kappa shape index (κ2) is 8.67. The molecule has 0 saturated carbocycles. The summed E-state index contributed by atoms with van der Waals surface area (Å²) in [5.41, 5.74) is 7.44. The van der Waals surface area contributed by atoms with Crippen LogP contribution in [0.4, 0.5) is 0 Å². The first-order chi connectivity index (χ1) is 11.9. The van der Waals surface area contributed by atoms with Crippen LogP contribution in [0.5, 0.6) is 5.75 Å². The van der Waals surface area contributed by atoms with Crippen molar-refractivity contribution in [2.75, 3.05) is 0 Å². The van der Waals surface area contributed by atoms with Crippen molar-refractivity contribution in [3.8, 4) is 5.75 Å². The Morgan fingerprint density at radius 1 is 1.12 bits per heavy atom. The molecule has 2 N–H and O–H groups in total. The van der Waals surface area contributed by atoms with E-state index in [0.717, 1.165) is 16.5 Å². The quantitative estimate of drug-likeness (QED) is 0.748. The van der Waals surface area contributed by atoms with E-state index in [1.807, 2.05) is 37.3 Å². The summed E-state index contributed by atoms with van der Waals surface area (Å²) in [6.45, 7) is 5.62. The summed E-state index contributed by atoms with van der Waals surface area (Å²) in [6, 6.07) is 12.8. The summed E-state index contributed by atoms with van der Waals surface area (Å²) < 4.78 is 6.41. The highest BCUT2D eigenvalue weighted by Gasteiger charge is 2.16. The molecule has 0 aliphatic heterocycles. The van der Waals surface area contributed by atoms with Crippen LogP contribution in [-0.2, 0) is 11.2 Å². The maximum absolute atomic E-state index is 12.1. The molecule has 2 rings (SSSR count). The van der Waals surface area contributed by atoms with Gasteiger partial charge in [-0.1, -0.05) is 41.1 Å². The van der Waals surface area contributed by atoms with Crippen molar-refractivity contribution in [1.82, 2.24) is 10.9 Å². The van der Waals surface area contributed by atoms with Gasteiger partial charge in [0.05, 0.1) is 0 Å². The lowest BCUT2D eigenvalue weighted by Crippen LogP contribution is -2.47. The predicted molar refractivity (Wildman–Crippen MR) is 100 cm³/mol. The Morgan fingerprint density at radius 2 is 1.80 bits per heavy atom. The van der Waals surface area contributed by atoms with Gasteiger partial charge in [0.2, 0.25) is 0 Å². The maximum atomic E-state index is 12.1. The Balaban J connectivity index is 1.87. The Bertz CT molecular complexity index is 760. The van der Waals surface area contributed by atoms with Gasteiger partial charge in [0.15, 0.2) is 6.10 Å². The molecule has 0 saturated heterocycles. The van der Waals surface area contributed by atoms with Gasteiger partial charge in [-0.3, -0.25) is 20.4 Å². The molecule has 1 unspecified atom stereocenters. The van der Waals surface area contributed by atoms with Crippen LogP contribution in [0.3, 0.4) is 0 Å². The summed E-state index contributed by atoms with van der Waals surface area (Å²) in [7, 11) is 0. The van der Waals surface area contributed by atoms with Crippen molar-refractivity contribution >= 4 is 27.7 Å². The fraction of sp³-hybridized carbons (Fsp3) is 0.263. The monoisotopic (exact) mass is 404 g/mol. The van der Waals surface area contributed by atoms with Crippen LogP contribution in [0.15, 0.2) is 46.9 Å². The zero-order valence-corrected chi connectivity index (χ0v) is 16.0. The summed E-state index contributed by atoms with van der Waals surface area (Å²) in [5.74, 6) is -0.221. The third-order valence-electron chi connectivity index (χ3n) is 3.75. The second-order valence-electron chi connectivity index (χ2n) is 5.66. The summed E-state index contributed by atoms with van der Waals surface area (Å²) in [6.07, 6.45) is 0.204. The molecule has 2 aromatic carbocycles. The topological polar surface area (TPSA) is 67.4 Å². The molecule has 2 amide bonds. The van der Waals surface area contributed by atoms with Gasteiger partial charge in [0, 0.05) is 10.0 Å². The largest absolute Gasteiger partial charge is 0.481 e. The molecule has 5 nitrogen and oxygen atoms in total. The van der Waals surface area contributed by atoms with Crippen molar-refractivity contribution in [2.45, 2.75) is 33.3 Å². The zero-order chi connectivity index (χ0) is 18.4. The molecule has 132 valence electrons. The van der Waals surface area contributed by atoms with E-state index in [9.17, 15) is 9.59 Å². The number of halogens is 1. The van der Waals surface area contributed by atoms with Crippen molar-refractivity contribution in [2.24, 2.45) is 0 Å². The Morgan fingerprint density at radius 3 is 2.40 bits per heavy atom. The van der Waals surface area contributed by atoms with Crippen LogP contribution in [0.25, 0.3) is 0 Å². The number of amides is 2. The van der Waals surface area contributed by atoms with E-state index >= 15 is 0 Å². The lowest BCUT2D eigenvalue weighted by Gasteiger charge is -2.15. The maximum Gasteiger partial charge on any atom is 0.279 e. The van der Waals surface area contributed by atoms with Gasteiger partial charge in [-0.25, -0.2) is 0 Å². The first-order valence-corrected chi connectivity index (χ1v) is 8.82. The Labute approximate surface area is 155 Å². The average molecular weight is 405 g/mol. The Hall–Kier alpha value is -2.34. The van der Waals surface area contributed by atoms with Crippen LogP contribution in [0, 0.1) is 6.92 Å². The summed E-state index contributed by atoms with van der Waals surface area (Å²) in [4.78, 5) is 24.1. The van der Waals surface area contributed by atoms with Crippen molar-refractivity contribution < 1.29 is 14.3 Å². The molecule has 2 aromatic rings. The van der Waals surface area contributed by atoms with E-state index in [4.69, 9.17) is 4.74 Å². The summed E-state index contributed by atoms with van der Waals surface area (Å²) >= 11 is 3.38. The van der Waals surface area contributed by atoms with Crippen LogP contribution in [0.2, 0.25) is 0 Å². The molecule has 0 fully saturated rings. The van der Waals surface area contributed by atoms with Gasteiger partial charge in [0.1, 0.15) is 5.75 Å². The first kappa shape index (κ1) is 19.0. The highest BCUT2D eigenvalue weighted by atomic mass is 79.9. The van der Waals surface area contributed by atoms with Crippen molar-refractivity contribution in [3.05, 3.63) is 63.6 Å². The smallest absolute Gasteiger partial charge is 0.279 e. The number of hydrogen-bond acceptors (Lipinski definition) is 3. The molecule has 0 aromatic heterocycles. The predicted octanol–water partition coefficient (Wildman–Crippen LogP) is 3.55. The minimum Gasteiger partial charge on any atom is -0.481 e. The van der Waals surface area contributed by atoms with Crippen LogP contribution < -0.4 is 15.6 Å². The summed E-state index contributed by atoms with van der Waals surface area (Å²) in [5, 5.41) is 0. The minimum absolute atomic E-state index is 0.395. The molecule has 25 heavy (non-hydrogen) atoms. The number of aryl methyl sites for hydroxylation is 2. The van der Waals surface area contributed by atoms with E-state index in [-0.39, 0.29) is 0 Å². The number of carbonyl (C=O) groups excluding carboxylic acids is 2. The number of hydrogen-bond donors (Lipinski definition) is 2. The van der Waals surface area contributed by atoms with Gasteiger partial charge in [-0.15, -0.1) is 0 Å². The molecular weight excluding hydrogens is 384 g/mol. The van der Waals surface area contributed by atoms with Crippen molar-refractivity contribution in [1.29, 1.82) is 0 Å². The first-order valence-electron chi connectivity index (χ1n) is 8.02. The van der Waals surface area contributed by atoms with Gasteiger partial charge < -0.3 is 4.74 Å². The van der Waals surface area contributed by atoms with Gasteiger partial charge in [-0.05, 0) is 55.7 Å². The molecular formula is C19H21BrN2O3. The molecule has 0 bridgehead atoms. The molecule has 0 radical (unpaired) electrons. The molecule has 1 atom stereocenters. The average Bonchev–Trinajstić information content (AvgIpc) is 2.62. The van der Waals surface area contributed by atoms with Gasteiger partial charge in [0.25, 0.3) is 11.8 Å². The zero-order valence-electron chi connectivity index (χ0n) is 14.4. The molecule has 6 heteroatoms. The standard InChI is InChI=1S/C19H21BrN2O3/c1-4-14-6-9-16(10-7-14)25-13(3)18(23)21-22-19(24)15-8-5-12(2)17(20)11-15/h5-11,13H,4H2,1-3H3,(H,21,23)(H,22,24). The van der Waals surface area contributed by atoms with Gasteiger partial charge in [-0.2, -0.15) is 0 Å². The fourth-order valence-electron chi connectivity index (χ4n) is 2.09. The van der Waals surface area contributed by atoms with E-state index in [0.29, 0.717) is 11.3 Å². The van der Waals surface area contributed by atoms with Crippen LogP contribution in [0.1, 0.15) is 35.3 Å². The van der Waals surface area contributed by atoms with E-state index in [2.05, 4.69) is 33.7 Å². The highest BCUT2D eigenvalue weighted by Crippen LogP contribution is 2.17. The third-order valence-corrected chi connectivity index (χ3v) is 4.60. The molecule has 0 aliphatic rings. The number of carbonyl (C=O) groups is 2.